The summed E-state index contributed by atoms with van der Waals surface area (Å²) in [4.78, 5) is 0. The second-order valence-electron chi connectivity index (χ2n) is 3.67. The molecule has 0 atom stereocenters. The van der Waals surface area contributed by atoms with Crippen molar-refractivity contribution >= 4 is 0 Å². The quantitative estimate of drug-likeness (QED) is 0.618. The van der Waals surface area contributed by atoms with Gasteiger partial charge in [-0.05, 0) is 6.07 Å². The number of hydrogen-bond donors (Lipinski definition) is 2. The summed E-state index contributed by atoms with van der Waals surface area (Å²) >= 11 is 0. The van der Waals surface area contributed by atoms with Crippen molar-refractivity contribution in [3.8, 4) is 22.6 Å². The van der Waals surface area contributed by atoms with Gasteiger partial charge in [-0.3, -0.25) is 0 Å². The average Bonchev–Trinajstić information content (AvgIpc) is 2.31. The molecule has 0 aliphatic heterocycles. The van der Waals surface area contributed by atoms with E-state index >= 15 is 0 Å². The monoisotopic (exact) mass is 276 g/mol. The first kappa shape index (κ1) is 13.1. The Morgan fingerprint density at radius 2 is 1.21 bits per heavy atom. The van der Waals surface area contributed by atoms with Crippen molar-refractivity contribution in [2.75, 3.05) is 0 Å². The molecule has 0 spiro atoms. The third-order valence-corrected chi connectivity index (χ3v) is 2.43. The number of phenolic OH excluding ortho intramolecular Hbond substituents is 2. The second-order valence-corrected chi connectivity index (χ2v) is 3.67. The van der Waals surface area contributed by atoms with E-state index < -0.39 is 51.7 Å². The summed E-state index contributed by atoms with van der Waals surface area (Å²) in [5.41, 5.74) is -2.09. The van der Waals surface area contributed by atoms with E-state index in [1.807, 2.05) is 0 Å². The van der Waals surface area contributed by atoms with Crippen molar-refractivity contribution in [3.05, 3.63) is 47.3 Å². The molecule has 0 saturated heterocycles. The minimum atomic E-state index is -1.96. The molecule has 19 heavy (non-hydrogen) atoms. The zero-order valence-electron chi connectivity index (χ0n) is 9.02. The topological polar surface area (TPSA) is 40.5 Å². The summed E-state index contributed by atoms with van der Waals surface area (Å²) in [6.07, 6.45) is 0. The number of halogens is 5. The van der Waals surface area contributed by atoms with Crippen LogP contribution in [0.4, 0.5) is 22.0 Å². The minimum absolute atomic E-state index is 0.256. The Morgan fingerprint density at radius 3 is 1.74 bits per heavy atom. The highest BCUT2D eigenvalue weighted by molar-refractivity contribution is 5.67. The third-order valence-electron chi connectivity index (χ3n) is 2.43. The molecule has 0 aliphatic carbocycles. The van der Waals surface area contributed by atoms with Gasteiger partial charge < -0.3 is 10.2 Å². The van der Waals surface area contributed by atoms with Crippen LogP contribution in [0.1, 0.15) is 0 Å². The fourth-order valence-electron chi connectivity index (χ4n) is 1.58. The number of hydrogen-bond acceptors (Lipinski definition) is 2. The van der Waals surface area contributed by atoms with E-state index in [9.17, 15) is 22.0 Å². The van der Waals surface area contributed by atoms with Crippen LogP contribution in [0.15, 0.2) is 18.2 Å². The molecule has 2 nitrogen and oxygen atoms in total. The average molecular weight is 276 g/mol. The molecule has 0 aromatic heterocycles. The lowest BCUT2D eigenvalue weighted by Crippen LogP contribution is -1.98. The maximum atomic E-state index is 13.5. The molecule has 0 saturated carbocycles. The van der Waals surface area contributed by atoms with Gasteiger partial charge in [0.1, 0.15) is 17.4 Å². The Bertz CT molecular complexity index is 647. The smallest absolute Gasteiger partial charge is 0.204 e. The van der Waals surface area contributed by atoms with Gasteiger partial charge in [0.05, 0.1) is 5.56 Å². The third kappa shape index (κ3) is 2.07. The van der Waals surface area contributed by atoms with Gasteiger partial charge in [-0.15, -0.1) is 0 Å². The molecule has 0 heterocycles. The number of phenols is 2. The van der Waals surface area contributed by atoms with Crippen LogP contribution in [0.5, 0.6) is 11.5 Å². The van der Waals surface area contributed by atoms with Crippen LogP contribution in [0, 0.1) is 29.1 Å². The first-order valence-corrected chi connectivity index (χ1v) is 4.87. The van der Waals surface area contributed by atoms with Crippen LogP contribution in [-0.4, -0.2) is 10.2 Å². The highest BCUT2D eigenvalue weighted by atomic mass is 19.2. The van der Waals surface area contributed by atoms with Crippen molar-refractivity contribution in [2.45, 2.75) is 0 Å². The van der Waals surface area contributed by atoms with Crippen LogP contribution < -0.4 is 0 Å². The van der Waals surface area contributed by atoms with Crippen LogP contribution >= 0.6 is 0 Å². The molecule has 2 rings (SSSR count). The van der Waals surface area contributed by atoms with Crippen molar-refractivity contribution < 1.29 is 32.2 Å². The lowest BCUT2D eigenvalue weighted by Gasteiger charge is -2.09. The first-order chi connectivity index (χ1) is 8.82. The van der Waals surface area contributed by atoms with Crippen molar-refractivity contribution in [1.82, 2.24) is 0 Å². The second kappa shape index (κ2) is 4.42. The minimum Gasteiger partial charge on any atom is -0.508 e. The van der Waals surface area contributed by atoms with Gasteiger partial charge in [-0.2, -0.15) is 4.39 Å². The molecule has 0 radical (unpaired) electrons. The molecule has 100 valence electrons. The Hall–Kier alpha value is -2.31. The molecule has 2 N–H and O–H groups in total. The van der Waals surface area contributed by atoms with E-state index in [-0.39, 0.29) is 6.07 Å². The van der Waals surface area contributed by atoms with E-state index in [1.54, 1.807) is 0 Å². The molecule has 0 unspecified atom stereocenters. The van der Waals surface area contributed by atoms with Crippen LogP contribution in [0.3, 0.4) is 0 Å². The van der Waals surface area contributed by atoms with Gasteiger partial charge in [-0.1, -0.05) is 0 Å². The van der Waals surface area contributed by atoms with E-state index in [4.69, 9.17) is 10.2 Å². The van der Waals surface area contributed by atoms with Crippen molar-refractivity contribution in [1.29, 1.82) is 0 Å². The molecule has 0 amide bonds. The predicted octanol–water partition coefficient (Wildman–Crippen LogP) is 3.46. The first-order valence-electron chi connectivity index (χ1n) is 4.87. The molecular formula is C12H5F5O2. The number of rotatable bonds is 1. The molecular weight excluding hydrogens is 271 g/mol. The Morgan fingerprint density at radius 1 is 0.684 bits per heavy atom. The lowest BCUT2D eigenvalue weighted by molar-refractivity contribution is 0.377. The standard InChI is InChI=1S/C12H5F5O2/c13-6-1-4(18)2-7(14)9(6)5-3-8(15)12(19)11(17)10(5)16/h1-3,18-19H. The summed E-state index contributed by atoms with van der Waals surface area (Å²) in [6, 6.07) is 1.17. The fraction of sp³-hybridized carbons (Fsp3) is 0. The highest BCUT2D eigenvalue weighted by Crippen LogP contribution is 2.35. The molecule has 0 fully saturated rings. The zero-order valence-corrected chi connectivity index (χ0v) is 9.02. The van der Waals surface area contributed by atoms with Gasteiger partial charge in [0, 0.05) is 17.7 Å². The van der Waals surface area contributed by atoms with Crippen molar-refractivity contribution in [3.63, 3.8) is 0 Å². The largest absolute Gasteiger partial charge is 0.508 e. The number of benzene rings is 2. The maximum Gasteiger partial charge on any atom is 0.204 e. The van der Waals surface area contributed by atoms with Crippen LogP contribution in [-0.2, 0) is 0 Å². The van der Waals surface area contributed by atoms with Crippen LogP contribution in [0.25, 0.3) is 11.1 Å². The summed E-state index contributed by atoms with van der Waals surface area (Å²) in [7, 11) is 0. The molecule has 2 aromatic carbocycles. The lowest BCUT2D eigenvalue weighted by atomic mass is 10.0. The summed E-state index contributed by atoms with van der Waals surface area (Å²) in [5, 5.41) is 17.7. The van der Waals surface area contributed by atoms with E-state index in [0.717, 1.165) is 0 Å². The Kier molecular flexibility index (Phi) is 3.05. The van der Waals surface area contributed by atoms with Gasteiger partial charge in [0.2, 0.25) is 5.82 Å². The number of aromatic hydroxyl groups is 2. The molecule has 7 heteroatoms. The normalized spacial score (nSPS) is 10.8. The molecule has 0 bridgehead atoms. The highest BCUT2D eigenvalue weighted by Gasteiger charge is 2.23. The van der Waals surface area contributed by atoms with E-state index in [0.29, 0.717) is 12.1 Å². The SMILES string of the molecule is Oc1cc(F)c(-c2cc(F)c(O)c(F)c2F)c(F)c1. The molecule has 2 aromatic rings. The van der Waals surface area contributed by atoms with E-state index in [1.165, 1.54) is 0 Å². The van der Waals surface area contributed by atoms with Gasteiger partial charge in [0.15, 0.2) is 17.4 Å². The zero-order chi connectivity index (χ0) is 14.3. The van der Waals surface area contributed by atoms with Gasteiger partial charge >= 0.3 is 0 Å². The summed E-state index contributed by atoms with van der Waals surface area (Å²) in [6.45, 7) is 0. The van der Waals surface area contributed by atoms with Gasteiger partial charge in [-0.25, -0.2) is 17.6 Å². The summed E-state index contributed by atoms with van der Waals surface area (Å²) in [5.74, 6) is -10.5. The van der Waals surface area contributed by atoms with Crippen molar-refractivity contribution in [2.24, 2.45) is 0 Å². The van der Waals surface area contributed by atoms with Crippen LogP contribution in [0.2, 0.25) is 0 Å². The van der Waals surface area contributed by atoms with E-state index in [2.05, 4.69) is 0 Å². The predicted molar refractivity (Wildman–Crippen MR) is 55.0 cm³/mol. The Balaban J connectivity index is 2.80. The maximum absolute atomic E-state index is 13.5. The summed E-state index contributed by atoms with van der Waals surface area (Å²) < 4.78 is 66.6. The fourth-order valence-corrected chi connectivity index (χ4v) is 1.58. The molecule has 0 aliphatic rings. The Labute approximate surface area is 103 Å². The van der Waals surface area contributed by atoms with Gasteiger partial charge in [0.25, 0.3) is 0 Å².